The Hall–Kier alpha value is -0.810. The number of morpholine rings is 1. The second-order valence-electron chi connectivity index (χ2n) is 5.28. The molecule has 0 bridgehead atoms. The number of nitrogens with zero attached hydrogens (tertiary/aromatic N) is 2. The van der Waals surface area contributed by atoms with E-state index in [9.17, 15) is 4.79 Å². The maximum absolute atomic E-state index is 11.6. The van der Waals surface area contributed by atoms with Gasteiger partial charge in [0.1, 0.15) is 0 Å². The highest BCUT2D eigenvalue weighted by atomic mass is 16.5. The van der Waals surface area contributed by atoms with E-state index in [1.807, 2.05) is 4.90 Å². The molecule has 3 saturated heterocycles. The van der Waals surface area contributed by atoms with Crippen LogP contribution in [0.5, 0.6) is 0 Å². The first kappa shape index (κ1) is 11.3. The molecule has 5 heteroatoms. The lowest BCUT2D eigenvalue weighted by molar-refractivity contribution is -0.0575. The molecule has 96 valence electrons. The quantitative estimate of drug-likeness (QED) is 0.752. The second kappa shape index (κ2) is 4.82. The molecule has 2 unspecified atom stereocenters. The van der Waals surface area contributed by atoms with Gasteiger partial charge in [-0.05, 0) is 25.8 Å². The van der Waals surface area contributed by atoms with Gasteiger partial charge in [-0.3, -0.25) is 4.90 Å². The lowest BCUT2D eigenvalue weighted by Crippen LogP contribution is -2.54. The minimum atomic E-state index is 0.0726. The third-order valence-corrected chi connectivity index (χ3v) is 4.05. The third-order valence-electron chi connectivity index (χ3n) is 4.05. The van der Waals surface area contributed by atoms with Crippen molar-refractivity contribution in [3.63, 3.8) is 0 Å². The van der Waals surface area contributed by atoms with E-state index >= 15 is 0 Å². The first-order valence-corrected chi connectivity index (χ1v) is 6.71. The number of hydrogen-bond donors (Lipinski definition) is 1. The molecule has 2 atom stereocenters. The smallest absolute Gasteiger partial charge is 0.317 e. The number of carbonyl (C=O) groups excluding carboxylic acids is 1. The molecule has 0 spiro atoms. The van der Waals surface area contributed by atoms with Crippen LogP contribution in [0.2, 0.25) is 0 Å². The van der Waals surface area contributed by atoms with Crippen molar-refractivity contribution in [2.75, 3.05) is 39.3 Å². The molecule has 3 fully saturated rings. The fourth-order valence-corrected chi connectivity index (χ4v) is 3.09. The van der Waals surface area contributed by atoms with E-state index in [-0.39, 0.29) is 12.1 Å². The molecule has 1 N–H and O–H groups in total. The lowest BCUT2D eigenvalue weighted by Gasteiger charge is -2.38. The summed E-state index contributed by atoms with van der Waals surface area (Å²) in [5, 5.41) is 2.89. The van der Waals surface area contributed by atoms with E-state index in [1.165, 1.54) is 19.4 Å². The molecular weight excluding hydrogens is 218 g/mol. The second-order valence-corrected chi connectivity index (χ2v) is 5.28. The van der Waals surface area contributed by atoms with Gasteiger partial charge in [-0.15, -0.1) is 0 Å². The van der Waals surface area contributed by atoms with Gasteiger partial charge in [-0.1, -0.05) is 0 Å². The first-order chi connectivity index (χ1) is 8.33. The zero-order valence-electron chi connectivity index (χ0n) is 10.2. The van der Waals surface area contributed by atoms with Gasteiger partial charge in [0, 0.05) is 32.2 Å². The highest BCUT2D eigenvalue weighted by Crippen LogP contribution is 2.23. The van der Waals surface area contributed by atoms with Crippen molar-refractivity contribution in [1.82, 2.24) is 15.1 Å². The molecule has 0 aliphatic carbocycles. The van der Waals surface area contributed by atoms with Gasteiger partial charge in [0.25, 0.3) is 0 Å². The summed E-state index contributed by atoms with van der Waals surface area (Å²) in [6, 6.07) is 0.713. The van der Waals surface area contributed by atoms with E-state index in [4.69, 9.17) is 4.74 Å². The Balaban J connectivity index is 1.53. The van der Waals surface area contributed by atoms with Crippen molar-refractivity contribution < 1.29 is 9.53 Å². The molecule has 0 aromatic rings. The van der Waals surface area contributed by atoms with Gasteiger partial charge < -0.3 is 15.0 Å². The SMILES string of the molecule is O=C1NCCCN1CC1CN2CCCC2CO1. The Labute approximate surface area is 102 Å². The monoisotopic (exact) mass is 239 g/mol. The summed E-state index contributed by atoms with van der Waals surface area (Å²) in [6.07, 6.45) is 3.82. The number of carbonyl (C=O) groups is 1. The summed E-state index contributed by atoms with van der Waals surface area (Å²) in [5.41, 5.74) is 0. The first-order valence-electron chi connectivity index (χ1n) is 6.71. The summed E-state index contributed by atoms with van der Waals surface area (Å²) in [6.45, 7) is 5.48. The predicted molar refractivity (Wildman–Crippen MR) is 63.9 cm³/mol. The van der Waals surface area contributed by atoms with Crippen LogP contribution in [0.25, 0.3) is 0 Å². The number of nitrogens with one attached hydrogen (secondary N) is 1. The molecule has 0 saturated carbocycles. The predicted octanol–water partition coefficient (Wildman–Crippen LogP) is 0.265. The van der Waals surface area contributed by atoms with Crippen LogP contribution < -0.4 is 5.32 Å². The summed E-state index contributed by atoms with van der Waals surface area (Å²) >= 11 is 0. The Morgan fingerprint density at radius 3 is 3.18 bits per heavy atom. The average Bonchev–Trinajstić information content (AvgIpc) is 2.79. The Morgan fingerprint density at radius 2 is 2.29 bits per heavy atom. The summed E-state index contributed by atoms with van der Waals surface area (Å²) in [4.78, 5) is 16.1. The molecule has 3 aliphatic heterocycles. The highest BCUT2D eigenvalue weighted by Gasteiger charge is 2.33. The third kappa shape index (κ3) is 2.40. The van der Waals surface area contributed by atoms with Crippen molar-refractivity contribution in [2.45, 2.75) is 31.4 Å². The number of urea groups is 1. The lowest BCUT2D eigenvalue weighted by atomic mass is 10.1. The zero-order chi connectivity index (χ0) is 11.7. The fraction of sp³-hybridized carbons (Fsp3) is 0.917. The van der Waals surface area contributed by atoms with E-state index < -0.39 is 0 Å². The van der Waals surface area contributed by atoms with Crippen LogP contribution in [0.1, 0.15) is 19.3 Å². The number of rotatable bonds is 2. The standard InChI is InChI=1S/C12H21N3O2/c16-12-13-4-2-6-15(12)8-11-7-14-5-1-3-10(14)9-17-11/h10-11H,1-9H2,(H,13,16). The molecule has 17 heavy (non-hydrogen) atoms. The number of amides is 2. The molecule has 2 amide bonds. The largest absolute Gasteiger partial charge is 0.373 e. The topological polar surface area (TPSA) is 44.8 Å². The van der Waals surface area contributed by atoms with Gasteiger partial charge in [0.15, 0.2) is 0 Å². The van der Waals surface area contributed by atoms with Crippen molar-refractivity contribution in [3.05, 3.63) is 0 Å². The van der Waals surface area contributed by atoms with Crippen LogP contribution in [0.15, 0.2) is 0 Å². The van der Waals surface area contributed by atoms with Gasteiger partial charge in [-0.25, -0.2) is 4.79 Å². The van der Waals surface area contributed by atoms with Crippen molar-refractivity contribution in [2.24, 2.45) is 0 Å². The Morgan fingerprint density at radius 1 is 1.35 bits per heavy atom. The molecular formula is C12H21N3O2. The van der Waals surface area contributed by atoms with Crippen molar-refractivity contribution in [1.29, 1.82) is 0 Å². The molecule has 0 aromatic carbocycles. The molecule has 3 rings (SSSR count). The van der Waals surface area contributed by atoms with Crippen LogP contribution >= 0.6 is 0 Å². The maximum Gasteiger partial charge on any atom is 0.317 e. The van der Waals surface area contributed by atoms with Crippen LogP contribution in [-0.2, 0) is 4.74 Å². The van der Waals surface area contributed by atoms with E-state index in [1.54, 1.807) is 0 Å². The number of ether oxygens (including phenoxy) is 1. The molecule has 3 heterocycles. The van der Waals surface area contributed by atoms with Crippen LogP contribution in [0.3, 0.4) is 0 Å². The Kier molecular flexibility index (Phi) is 3.20. The van der Waals surface area contributed by atoms with E-state index in [0.29, 0.717) is 6.04 Å². The van der Waals surface area contributed by atoms with Crippen LogP contribution in [0, 0.1) is 0 Å². The summed E-state index contributed by atoms with van der Waals surface area (Å²) in [5.74, 6) is 0. The highest BCUT2D eigenvalue weighted by molar-refractivity contribution is 5.74. The molecule has 3 aliphatic rings. The normalized spacial score (nSPS) is 34.6. The Bertz CT molecular complexity index is 297. The molecule has 0 aromatic heterocycles. The minimum absolute atomic E-state index is 0.0726. The minimum Gasteiger partial charge on any atom is -0.373 e. The van der Waals surface area contributed by atoms with Gasteiger partial charge >= 0.3 is 6.03 Å². The summed E-state index contributed by atoms with van der Waals surface area (Å²) in [7, 11) is 0. The summed E-state index contributed by atoms with van der Waals surface area (Å²) < 4.78 is 5.88. The zero-order valence-corrected chi connectivity index (χ0v) is 10.2. The average molecular weight is 239 g/mol. The van der Waals surface area contributed by atoms with Gasteiger partial charge in [-0.2, -0.15) is 0 Å². The van der Waals surface area contributed by atoms with Gasteiger partial charge in [0.05, 0.1) is 12.7 Å². The van der Waals surface area contributed by atoms with E-state index in [0.717, 1.165) is 39.2 Å². The van der Waals surface area contributed by atoms with Crippen molar-refractivity contribution in [3.8, 4) is 0 Å². The number of hydrogen-bond acceptors (Lipinski definition) is 3. The number of fused-ring (bicyclic) bond motifs is 1. The van der Waals surface area contributed by atoms with Crippen LogP contribution in [0.4, 0.5) is 4.79 Å². The maximum atomic E-state index is 11.6. The van der Waals surface area contributed by atoms with Crippen molar-refractivity contribution >= 4 is 6.03 Å². The van der Waals surface area contributed by atoms with Gasteiger partial charge in [0.2, 0.25) is 0 Å². The molecule has 0 radical (unpaired) electrons. The van der Waals surface area contributed by atoms with E-state index in [2.05, 4.69) is 10.2 Å². The van der Waals surface area contributed by atoms with Crippen LogP contribution in [-0.4, -0.2) is 67.3 Å². The molecule has 5 nitrogen and oxygen atoms in total. The fourth-order valence-electron chi connectivity index (χ4n) is 3.09.